The van der Waals surface area contributed by atoms with Gasteiger partial charge in [-0.15, -0.1) is 0 Å². The Morgan fingerprint density at radius 1 is 1.39 bits per heavy atom. The molecule has 92 valence electrons. The van der Waals surface area contributed by atoms with Gasteiger partial charge in [-0.1, -0.05) is 0 Å². The predicted molar refractivity (Wildman–Crippen MR) is 69.0 cm³/mol. The first-order chi connectivity index (χ1) is 8.70. The maximum Gasteiger partial charge on any atom is 0.126 e. The van der Waals surface area contributed by atoms with Gasteiger partial charge in [-0.05, 0) is 32.0 Å². The van der Waals surface area contributed by atoms with Crippen molar-refractivity contribution in [2.45, 2.75) is 25.9 Å². The lowest BCUT2D eigenvalue weighted by atomic mass is 10.1. The van der Waals surface area contributed by atoms with Crippen LogP contribution in [0.15, 0.2) is 36.8 Å². The summed E-state index contributed by atoms with van der Waals surface area (Å²) in [6, 6.07) is 7.92. The summed E-state index contributed by atoms with van der Waals surface area (Å²) in [6.45, 7) is 4.17. The van der Waals surface area contributed by atoms with Gasteiger partial charge in [0.05, 0.1) is 11.6 Å². The molecule has 0 saturated carbocycles. The van der Waals surface area contributed by atoms with Crippen LogP contribution in [0.5, 0.6) is 0 Å². The highest BCUT2D eigenvalue weighted by Crippen LogP contribution is 2.14. The third-order valence-electron chi connectivity index (χ3n) is 2.93. The number of hydrogen-bond donors (Lipinski definition) is 1. The van der Waals surface area contributed by atoms with Gasteiger partial charge in [0.15, 0.2) is 0 Å². The lowest BCUT2D eigenvalue weighted by Gasteiger charge is -2.22. The second-order valence-corrected chi connectivity index (χ2v) is 4.20. The topological polar surface area (TPSA) is 66.5 Å². The van der Waals surface area contributed by atoms with Crippen molar-refractivity contribution in [3.05, 3.63) is 42.4 Å². The van der Waals surface area contributed by atoms with Crippen LogP contribution in [0.4, 0.5) is 5.82 Å². The van der Waals surface area contributed by atoms with Crippen LogP contribution >= 0.6 is 0 Å². The Morgan fingerprint density at radius 3 is 2.78 bits per heavy atom. The molecule has 0 aliphatic rings. The molecule has 0 aliphatic carbocycles. The molecular formula is C13H15N5. The summed E-state index contributed by atoms with van der Waals surface area (Å²) >= 11 is 0. The summed E-state index contributed by atoms with van der Waals surface area (Å²) in [5.41, 5.74) is 0.563. The molecule has 0 fully saturated rings. The minimum atomic E-state index is 0.185. The summed E-state index contributed by atoms with van der Waals surface area (Å²) in [7, 11) is 0. The second kappa shape index (κ2) is 5.32. The molecule has 0 radical (unpaired) electrons. The largest absolute Gasteiger partial charge is 0.365 e. The quantitative estimate of drug-likeness (QED) is 0.891. The van der Waals surface area contributed by atoms with E-state index in [1.54, 1.807) is 18.5 Å². The molecule has 0 spiro atoms. The van der Waals surface area contributed by atoms with Gasteiger partial charge in [0.1, 0.15) is 11.9 Å². The van der Waals surface area contributed by atoms with Crippen LogP contribution < -0.4 is 5.32 Å². The number of rotatable bonds is 4. The fourth-order valence-electron chi connectivity index (χ4n) is 1.65. The molecule has 2 aromatic heterocycles. The fraction of sp³-hybridized carbons (Fsp3) is 0.308. The van der Waals surface area contributed by atoms with Crippen LogP contribution in [0.1, 0.15) is 25.5 Å². The molecule has 18 heavy (non-hydrogen) atoms. The van der Waals surface area contributed by atoms with Crippen molar-refractivity contribution < 1.29 is 0 Å². The first-order valence-electron chi connectivity index (χ1n) is 5.82. The minimum absolute atomic E-state index is 0.185. The average Bonchev–Trinajstić information content (AvgIpc) is 2.92. The van der Waals surface area contributed by atoms with Crippen LogP contribution in [-0.2, 0) is 0 Å². The second-order valence-electron chi connectivity index (χ2n) is 4.20. The SMILES string of the molecule is C[C@H]([C@@H](C)Nc1ccc(C#N)cn1)n1cccn1. The summed E-state index contributed by atoms with van der Waals surface area (Å²) in [5, 5.41) is 16.2. The van der Waals surface area contributed by atoms with Crippen LogP contribution in [0.3, 0.4) is 0 Å². The van der Waals surface area contributed by atoms with E-state index in [4.69, 9.17) is 5.26 Å². The molecule has 5 heteroatoms. The summed E-state index contributed by atoms with van der Waals surface area (Å²) in [5.74, 6) is 0.764. The normalized spacial score (nSPS) is 13.6. The van der Waals surface area contributed by atoms with E-state index in [0.717, 1.165) is 5.82 Å². The third-order valence-corrected chi connectivity index (χ3v) is 2.93. The van der Waals surface area contributed by atoms with Gasteiger partial charge in [-0.25, -0.2) is 4.98 Å². The molecule has 0 saturated heterocycles. The molecule has 0 amide bonds. The molecule has 2 atom stereocenters. The molecule has 0 aromatic carbocycles. The van der Waals surface area contributed by atoms with E-state index in [2.05, 4.69) is 29.2 Å². The molecule has 0 aliphatic heterocycles. The van der Waals surface area contributed by atoms with E-state index in [1.165, 1.54) is 0 Å². The van der Waals surface area contributed by atoms with Crippen LogP contribution in [0, 0.1) is 11.3 Å². The van der Waals surface area contributed by atoms with Crippen molar-refractivity contribution >= 4 is 5.82 Å². The maximum absolute atomic E-state index is 8.70. The van der Waals surface area contributed by atoms with Gasteiger partial charge >= 0.3 is 0 Å². The Kier molecular flexibility index (Phi) is 3.58. The van der Waals surface area contributed by atoms with Crippen molar-refractivity contribution in [2.24, 2.45) is 0 Å². The Morgan fingerprint density at radius 2 is 2.22 bits per heavy atom. The first-order valence-corrected chi connectivity index (χ1v) is 5.82. The van der Waals surface area contributed by atoms with E-state index >= 15 is 0 Å². The summed E-state index contributed by atoms with van der Waals surface area (Å²) in [6.07, 6.45) is 5.27. The summed E-state index contributed by atoms with van der Waals surface area (Å²) in [4.78, 5) is 4.19. The smallest absolute Gasteiger partial charge is 0.126 e. The molecule has 0 unspecified atom stereocenters. The molecular weight excluding hydrogens is 226 g/mol. The van der Waals surface area contributed by atoms with Gasteiger partial charge in [0, 0.05) is 24.6 Å². The van der Waals surface area contributed by atoms with Gasteiger partial charge in [-0.3, -0.25) is 4.68 Å². The molecule has 1 N–H and O–H groups in total. The minimum Gasteiger partial charge on any atom is -0.365 e. The number of pyridine rings is 1. The first kappa shape index (κ1) is 12.1. The standard InChI is InChI=1S/C13H15N5/c1-10(11(2)18-7-3-6-16-18)17-13-5-4-12(8-14)9-15-13/h3-7,9-11H,1-2H3,(H,15,17)/t10-,11-/m1/s1. The monoisotopic (exact) mass is 241 g/mol. The number of anilines is 1. The predicted octanol–water partition coefficient (Wildman–Crippen LogP) is 2.21. The molecule has 0 bridgehead atoms. The highest BCUT2D eigenvalue weighted by Gasteiger charge is 2.14. The highest BCUT2D eigenvalue weighted by molar-refractivity contribution is 5.39. The van der Waals surface area contributed by atoms with E-state index in [1.807, 2.05) is 29.1 Å². The maximum atomic E-state index is 8.70. The Labute approximate surface area is 106 Å². The molecule has 2 aromatic rings. The van der Waals surface area contributed by atoms with Crippen molar-refractivity contribution in [1.29, 1.82) is 5.26 Å². The van der Waals surface area contributed by atoms with Crippen molar-refractivity contribution in [3.8, 4) is 6.07 Å². The van der Waals surface area contributed by atoms with Crippen molar-refractivity contribution in [3.63, 3.8) is 0 Å². The van der Waals surface area contributed by atoms with E-state index in [9.17, 15) is 0 Å². The molecule has 2 rings (SSSR count). The Balaban J connectivity index is 2.02. The van der Waals surface area contributed by atoms with Crippen LogP contribution in [0.2, 0.25) is 0 Å². The zero-order chi connectivity index (χ0) is 13.0. The lowest BCUT2D eigenvalue weighted by molar-refractivity contribution is 0.443. The van der Waals surface area contributed by atoms with Crippen LogP contribution in [-0.4, -0.2) is 20.8 Å². The zero-order valence-corrected chi connectivity index (χ0v) is 10.4. The zero-order valence-electron chi connectivity index (χ0n) is 10.4. The Hall–Kier alpha value is -2.35. The lowest BCUT2D eigenvalue weighted by Crippen LogP contribution is -2.27. The highest BCUT2D eigenvalue weighted by atomic mass is 15.3. The fourth-order valence-corrected chi connectivity index (χ4v) is 1.65. The average molecular weight is 241 g/mol. The van der Waals surface area contributed by atoms with Crippen molar-refractivity contribution in [1.82, 2.24) is 14.8 Å². The number of nitriles is 1. The Bertz CT molecular complexity index is 524. The van der Waals surface area contributed by atoms with Gasteiger partial charge < -0.3 is 5.32 Å². The number of nitrogens with zero attached hydrogens (tertiary/aromatic N) is 4. The number of hydrogen-bond acceptors (Lipinski definition) is 4. The molecule has 5 nitrogen and oxygen atoms in total. The van der Waals surface area contributed by atoms with E-state index < -0.39 is 0 Å². The molecule has 2 heterocycles. The van der Waals surface area contributed by atoms with E-state index in [-0.39, 0.29) is 12.1 Å². The van der Waals surface area contributed by atoms with Crippen LogP contribution in [0.25, 0.3) is 0 Å². The van der Waals surface area contributed by atoms with Gasteiger partial charge in [-0.2, -0.15) is 10.4 Å². The number of nitrogens with one attached hydrogen (secondary N) is 1. The number of aromatic nitrogens is 3. The van der Waals surface area contributed by atoms with Crippen molar-refractivity contribution in [2.75, 3.05) is 5.32 Å². The summed E-state index contributed by atoms with van der Waals surface area (Å²) < 4.78 is 1.90. The third kappa shape index (κ3) is 2.66. The van der Waals surface area contributed by atoms with Gasteiger partial charge in [0.25, 0.3) is 0 Å². The van der Waals surface area contributed by atoms with Gasteiger partial charge in [0.2, 0.25) is 0 Å². The van der Waals surface area contributed by atoms with E-state index in [0.29, 0.717) is 5.56 Å².